The van der Waals surface area contributed by atoms with Crippen LogP contribution in [-0.4, -0.2) is 9.55 Å². The summed E-state index contributed by atoms with van der Waals surface area (Å²) in [6, 6.07) is 11.8. The van der Waals surface area contributed by atoms with E-state index in [2.05, 4.69) is 4.98 Å². The molecule has 3 rings (SSSR count). The van der Waals surface area contributed by atoms with E-state index in [1.165, 1.54) is 10.6 Å². The first-order valence-corrected chi connectivity index (χ1v) is 6.15. The standard InChI is InChI=1S/C14H10ClFN2O/c15-10-5-2-1-4-9(10)8-18-13-11(16)6-3-7-12(13)17-14(18)19/h1-7H,8H2,(H,17,19). The molecule has 0 bridgehead atoms. The molecule has 0 saturated carbocycles. The number of rotatable bonds is 2. The van der Waals surface area contributed by atoms with Crippen LogP contribution < -0.4 is 5.69 Å². The summed E-state index contributed by atoms with van der Waals surface area (Å²) in [4.78, 5) is 14.5. The second-order valence-corrected chi connectivity index (χ2v) is 4.65. The second kappa shape index (κ2) is 4.55. The SMILES string of the molecule is O=c1[nH]c2cccc(F)c2n1Cc1ccccc1Cl. The lowest BCUT2D eigenvalue weighted by Gasteiger charge is -2.06. The average Bonchev–Trinajstić information content (AvgIpc) is 2.70. The third-order valence-corrected chi connectivity index (χ3v) is 3.40. The normalized spacial score (nSPS) is 11.1. The summed E-state index contributed by atoms with van der Waals surface area (Å²) in [6.45, 7) is 0.236. The highest BCUT2D eigenvalue weighted by molar-refractivity contribution is 6.31. The predicted molar refractivity (Wildman–Crippen MR) is 73.1 cm³/mol. The first-order valence-electron chi connectivity index (χ1n) is 5.77. The van der Waals surface area contributed by atoms with Gasteiger partial charge in [0, 0.05) is 5.02 Å². The van der Waals surface area contributed by atoms with Crippen LogP contribution in [-0.2, 0) is 6.54 Å². The maximum atomic E-state index is 13.9. The molecule has 0 amide bonds. The van der Waals surface area contributed by atoms with E-state index in [-0.39, 0.29) is 17.8 Å². The molecule has 1 heterocycles. The fraction of sp³-hybridized carbons (Fsp3) is 0.0714. The Hall–Kier alpha value is -2.07. The van der Waals surface area contributed by atoms with Gasteiger partial charge in [-0.3, -0.25) is 4.57 Å². The number of hydrogen-bond acceptors (Lipinski definition) is 1. The zero-order valence-electron chi connectivity index (χ0n) is 9.86. The zero-order chi connectivity index (χ0) is 13.4. The van der Waals surface area contributed by atoms with Crippen LogP contribution in [0.5, 0.6) is 0 Å². The van der Waals surface area contributed by atoms with Gasteiger partial charge < -0.3 is 4.98 Å². The van der Waals surface area contributed by atoms with E-state index in [1.807, 2.05) is 18.2 Å². The number of nitrogens with one attached hydrogen (secondary N) is 1. The van der Waals surface area contributed by atoms with Gasteiger partial charge in [0.05, 0.1) is 12.1 Å². The molecule has 1 aromatic heterocycles. The Bertz CT molecular complexity index is 807. The van der Waals surface area contributed by atoms with E-state index in [0.29, 0.717) is 10.5 Å². The van der Waals surface area contributed by atoms with Gasteiger partial charge in [-0.1, -0.05) is 35.9 Å². The van der Waals surface area contributed by atoms with Crippen molar-refractivity contribution < 1.29 is 4.39 Å². The number of nitrogens with zero attached hydrogens (tertiary/aromatic N) is 1. The number of aromatic nitrogens is 2. The molecule has 0 aliphatic heterocycles. The molecular weight excluding hydrogens is 267 g/mol. The molecule has 1 N–H and O–H groups in total. The van der Waals surface area contributed by atoms with Gasteiger partial charge >= 0.3 is 5.69 Å². The highest BCUT2D eigenvalue weighted by atomic mass is 35.5. The van der Waals surface area contributed by atoms with E-state index in [4.69, 9.17) is 11.6 Å². The van der Waals surface area contributed by atoms with Crippen LogP contribution in [0, 0.1) is 5.82 Å². The number of aromatic amines is 1. The summed E-state index contributed by atoms with van der Waals surface area (Å²) in [7, 11) is 0. The molecule has 0 fully saturated rings. The Kier molecular flexibility index (Phi) is 2.87. The molecule has 19 heavy (non-hydrogen) atoms. The topological polar surface area (TPSA) is 37.8 Å². The molecule has 0 radical (unpaired) electrons. The van der Waals surface area contributed by atoms with E-state index < -0.39 is 5.82 Å². The minimum atomic E-state index is -0.428. The fourth-order valence-corrected chi connectivity index (χ4v) is 2.32. The van der Waals surface area contributed by atoms with Crippen molar-refractivity contribution in [2.75, 3.05) is 0 Å². The maximum Gasteiger partial charge on any atom is 0.326 e. The second-order valence-electron chi connectivity index (χ2n) is 4.24. The van der Waals surface area contributed by atoms with E-state index in [1.54, 1.807) is 18.2 Å². The maximum absolute atomic E-state index is 13.9. The number of benzene rings is 2. The lowest BCUT2D eigenvalue weighted by molar-refractivity contribution is 0.626. The number of imidazole rings is 1. The van der Waals surface area contributed by atoms with Crippen molar-refractivity contribution in [2.24, 2.45) is 0 Å². The molecule has 0 saturated heterocycles. The van der Waals surface area contributed by atoms with Crippen molar-refractivity contribution in [3.8, 4) is 0 Å². The van der Waals surface area contributed by atoms with Crippen molar-refractivity contribution in [3.63, 3.8) is 0 Å². The van der Waals surface area contributed by atoms with Crippen molar-refractivity contribution >= 4 is 22.6 Å². The summed E-state index contributed by atoms with van der Waals surface area (Å²) in [5.41, 5.74) is 1.18. The van der Waals surface area contributed by atoms with E-state index in [0.717, 1.165) is 5.56 Å². The van der Waals surface area contributed by atoms with Gasteiger partial charge in [-0.05, 0) is 23.8 Å². The summed E-state index contributed by atoms with van der Waals surface area (Å²) >= 11 is 6.07. The van der Waals surface area contributed by atoms with Crippen LogP contribution >= 0.6 is 11.6 Å². The highest BCUT2D eigenvalue weighted by Gasteiger charge is 2.12. The molecule has 2 aromatic carbocycles. The summed E-state index contributed by atoms with van der Waals surface area (Å²) in [5, 5.41) is 0.556. The van der Waals surface area contributed by atoms with E-state index in [9.17, 15) is 9.18 Å². The molecule has 3 aromatic rings. The van der Waals surface area contributed by atoms with Crippen molar-refractivity contribution in [1.29, 1.82) is 0 Å². The Morgan fingerprint density at radius 3 is 2.74 bits per heavy atom. The molecule has 5 heteroatoms. The quantitative estimate of drug-likeness (QED) is 0.767. The average molecular weight is 277 g/mol. The molecule has 0 aliphatic rings. The number of fused-ring (bicyclic) bond motifs is 1. The fourth-order valence-electron chi connectivity index (χ4n) is 2.12. The van der Waals surface area contributed by atoms with Gasteiger partial charge in [0.1, 0.15) is 11.3 Å². The van der Waals surface area contributed by atoms with Gasteiger partial charge in [0.2, 0.25) is 0 Å². The Morgan fingerprint density at radius 2 is 1.95 bits per heavy atom. The molecule has 0 atom stereocenters. The Balaban J connectivity index is 2.19. The first-order chi connectivity index (χ1) is 9.16. The highest BCUT2D eigenvalue weighted by Crippen LogP contribution is 2.19. The minimum Gasteiger partial charge on any atom is -0.305 e. The van der Waals surface area contributed by atoms with Crippen molar-refractivity contribution in [2.45, 2.75) is 6.54 Å². The molecule has 96 valence electrons. The lowest BCUT2D eigenvalue weighted by atomic mass is 10.2. The van der Waals surface area contributed by atoms with Crippen LogP contribution in [0.25, 0.3) is 11.0 Å². The van der Waals surface area contributed by atoms with Crippen LogP contribution in [0.3, 0.4) is 0 Å². The summed E-state index contributed by atoms with van der Waals surface area (Å²) < 4.78 is 15.2. The Labute approximate surface area is 113 Å². The summed E-state index contributed by atoms with van der Waals surface area (Å²) in [6.07, 6.45) is 0. The summed E-state index contributed by atoms with van der Waals surface area (Å²) in [5.74, 6) is -0.428. The number of para-hydroxylation sites is 1. The molecular formula is C14H10ClFN2O. The van der Waals surface area contributed by atoms with Gasteiger partial charge in [0.25, 0.3) is 0 Å². The number of halogens is 2. The third kappa shape index (κ3) is 2.04. The van der Waals surface area contributed by atoms with Crippen LogP contribution in [0.1, 0.15) is 5.56 Å². The lowest BCUT2D eigenvalue weighted by Crippen LogP contribution is -2.17. The molecule has 0 aliphatic carbocycles. The zero-order valence-corrected chi connectivity index (χ0v) is 10.6. The number of H-pyrrole nitrogens is 1. The number of hydrogen-bond donors (Lipinski definition) is 1. The van der Waals surface area contributed by atoms with Gasteiger partial charge in [-0.2, -0.15) is 0 Å². The Morgan fingerprint density at radius 1 is 1.16 bits per heavy atom. The monoisotopic (exact) mass is 276 g/mol. The van der Waals surface area contributed by atoms with Crippen molar-refractivity contribution in [3.05, 3.63) is 69.4 Å². The largest absolute Gasteiger partial charge is 0.326 e. The molecule has 3 nitrogen and oxygen atoms in total. The predicted octanol–water partition coefficient (Wildman–Crippen LogP) is 3.17. The minimum absolute atomic E-state index is 0.236. The molecule has 0 unspecified atom stereocenters. The van der Waals surface area contributed by atoms with Crippen LogP contribution in [0.15, 0.2) is 47.3 Å². The van der Waals surface area contributed by atoms with Crippen molar-refractivity contribution in [1.82, 2.24) is 9.55 Å². The van der Waals surface area contributed by atoms with Crippen LogP contribution in [0.4, 0.5) is 4.39 Å². The smallest absolute Gasteiger partial charge is 0.305 e. The van der Waals surface area contributed by atoms with Crippen LogP contribution in [0.2, 0.25) is 5.02 Å². The third-order valence-electron chi connectivity index (χ3n) is 3.03. The molecule has 0 spiro atoms. The van der Waals surface area contributed by atoms with E-state index >= 15 is 0 Å². The van der Waals surface area contributed by atoms with Gasteiger partial charge in [0.15, 0.2) is 0 Å². The first kappa shape index (κ1) is 12.0. The van der Waals surface area contributed by atoms with Gasteiger partial charge in [-0.15, -0.1) is 0 Å². The van der Waals surface area contributed by atoms with Gasteiger partial charge in [-0.25, -0.2) is 9.18 Å².